The van der Waals surface area contributed by atoms with Crippen molar-refractivity contribution in [2.75, 3.05) is 0 Å². The van der Waals surface area contributed by atoms with Gasteiger partial charge in [0.25, 0.3) is 0 Å². The normalized spacial score (nSPS) is 22.4. The fourth-order valence-electron chi connectivity index (χ4n) is 2.28. The number of hydrogen-bond donors (Lipinski definition) is 1. The average molecular weight is 224 g/mol. The van der Waals surface area contributed by atoms with Gasteiger partial charge < -0.3 is 4.98 Å². The molecule has 0 spiro atoms. The summed E-state index contributed by atoms with van der Waals surface area (Å²) in [7, 11) is 0. The molecule has 1 N–H and O–H groups in total. The second-order valence-corrected chi connectivity index (χ2v) is 4.76. The number of aromatic amines is 1. The minimum atomic E-state index is 0.180. The Morgan fingerprint density at radius 2 is 2.29 bits per heavy atom. The van der Waals surface area contributed by atoms with E-state index < -0.39 is 0 Å². The Bertz CT molecular complexity index is 648. The minimum absolute atomic E-state index is 0.180. The number of nitrogens with zero attached hydrogens (tertiary/aromatic N) is 1. The van der Waals surface area contributed by atoms with Crippen LogP contribution in [0.4, 0.5) is 0 Å². The Morgan fingerprint density at radius 1 is 1.53 bits per heavy atom. The lowest BCUT2D eigenvalue weighted by Gasteiger charge is -1.97. The number of rotatable bonds is 2. The van der Waals surface area contributed by atoms with E-state index in [0.29, 0.717) is 11.5 Å². The van der Waals surface area contributed by atoms with Gasteiger partial charge in [-0.15, -0.1) is 0 Å². The molecule has 1 aromatic heterocycles. The second kappa shape index (κ2) is 3.46. The molecule has 1 fully saturated rings. The summed E-state index contributed by atoms with van der Waals surface area (Å²) in [4.78, 5) is 15.3. The highest BCUT2D eigenvalue weighted by Gasteiger charge is 2.40. The summed E-state index contributed by atoms with van der Waals surface area (Å²) in [5.74, 6) is 0.894. The maximum atomic E-state index is 12.2. The summed E-state index contributed by atoms with van der Waals surface area (Å²) < 4.78 is 0. The van der Waals surface area contributed by atoms with Crippen LogP contribution in [0.3, 0.4) is 0 Å². The zero-order chi connectivity index (χ0) is 12.0. The van der Waals surface area contributed by atoms with Crippen molar-refractivity contribution in [3.63, 3.8) is 0 Å². The lowest BCUT2D eigenvalue weighted by atomic mass is 10.0. The van der Waals surface area contributed by atoms with Crippen LogP contribution in [0.2, 0.25) is 0 Å². The summed E-state index contributed by atoms with van der Waals surface area (Å²) in [5.41, 5.74) is 2.24. The molecule has 3 heteroatoms. The Kier molecular flexibility index (Phi) is 2.05. The van der Waals surface area contributed by atoms with Crippen LogP contribution in [0.1, 0.15) is 29.3 Å². The van der Waals surface area contributed by atoms with Crippen molar-refractivity contribution < 1.29 is 4.79 Å². The summed E-state index contributed by atoms with van der Waals surface area (Å²) in [6.45, 7) is 2.10. The Morgan fingerprint density at radius 3 is 2.94 bits per heavy atom. The molecule has 0 amide bonds. The van der Waals surface area contributed by atoms with Crippen LogP contribution in [0, 0.1) is 23.2 Å². The highest BCUT2D eigenvalue weighted by atomic mass is 16.1. The molecule has 1 aromatic carbocycles. The van der Waals surface area contributed by atoms with Gasteiger partial charge in [-0.2, -0.15) is 5.26 Å². The first-order valence-electron chi connectivity index (χ1n) is 5.76. The number of nitriles is 1. The van der Waals surface area contributed by atoms with Gasteiger partial charge in [0, 0.05) is 28.6 Å². The number of aromatic nitrogens is 1. The predicted octanol–water partition coefficient (Wildman–Crippen LogP) is 2.88. The zero-order valence-electron chi connectivity index (χ0n) is 9.53. The molecule has 2 unspecified atom stereocenters. The average Bonchev–Trinajstić information content (AvgIpc) is 2.92. The molecule has 3 rings (SSSR count). The van der Waals surface area contributed by atoms with Crippen LogP contribution in [-0.4, -0.2) is 10.8 Å². The number of carbonyl (C=O) groups is 1. The molecule has 17 heavy (non-hydrogen) atoms. The van der Waals surface area contributed by atoms with Crippen molar-refractivity contribution in [1.82, 2.24) is 4.98 Å². The molecule has 0 saturated heterocycles. The Balaban J connectivity index is 2.10. The molecule has 1 aliphatic carbocycles. The van der Waals surface area contributed by atoms with Gasteiger partial charge in [-0.05, 0) is 30.5 Å². The number of H-pyrrole nitrogens is 1. The molecular weight excluding hydrogens is 212 g/mol. The van der Waals surface area contributed by atoms with E-state index in [0.717, 1.165) is 22.9 Å². The molecule has 0 aliphatic heterocycles. The van der Waals surface area contributed by atoms with Crippen molar-refractivity contribution in [2.24, 2.45) is 11.8 Å². The third-order valence-corrected chi connectivity index (χ3v) is 3.52. The van der Waals surface area contributed by atoms with Crippen LogP contribution in [0.15, 0.2) is 24.4 Å². The maximum absolute atomic E-state index is 12.2. The lowest BCUT2D eigenvalue weighted by Crippen LogP contribution is -2.01. The van der Waals surface area contributed by atoms with Gasteiger partial charge in [0.1, 0.15) is 0 Å². The number of Topliss-reactive ketones (excluding diaryl/α,β-unsaturated/α-hetero) is 1. The third kappa shape index (κ3) is 1.53. The van der Waals surface area contributed by atoms with Gasteiger partial charge in [-0.25, -0.2) is 0 Å². The van der Waals surface area contributed by atoms with Crippen LogP contribution >= 0.6 is 0 Å². The van der Waals surface area contributed by atoms with Crippen molar-refractivity contribution >= 4 is 16.7 Å². The standard InChI is InChI=1S/C14H12N2O/c1-8-4-10(8)14(17)12-7-16-13-3-2-9(6-15)5-11(12)13/h2-3,5,7-8,10,16H,4H2,1H3. The van der Waals surface area contributed by atoms with Crippen LogP contribution in [0.5, 0.6) is 0 Å². The van der Waals surface area contributed by atoms with Gasteiger partial charge in [-0.1, -0.05) is 6.92 Å². The quantitative estimate of drug-likeness (QED) is 0.797. The summed E-state index contributed by atoms with van der Waals surface area (Å²) in [6, 6.07) is 7.49. The summed E-state index contributed by atoms with van der Waals surface area (Å²) >= 11 is 0. The van der Waals surface area contributed by atoms with E-state index in [4.69, 9.17) is 5.26 Å². The zero-order valence-corrected chi connectivity index (χ0v) is 9.53. The first kappa shape index (κ1) is 10.1. The van der Waals surface area contributed by atoms with Gasteiger partial charge in [0.15, 0.2) is 5.78 Å². The third-order valence-electron chi connectivity index (χ3n) is 3.52. The molecule has 0 radical (unpaired) electrons. The van der Waals surface area contributed by atoms with E-state index in [-0.39, 0.29) is 11.7 Å². The van der Waals surface area contributed by atoms with Crippen molar-refractivity contribution in [3.8, 4) is 6.07 Å². The first-order valence-corrected chi connectivity index (χ1v) is 5.76. The molecular formula is C14H12N2O. The largest absolute Gasteiger partial charge is 0.360 e. The maximum Gasteiger partial charge on any atom is 0.168 e. The molecule has 2 aromatic rings. The molecule has 0 bridgehead atoms. The number of nitrogens with one attached hydrogen (secondary N) is 1. The van der Waals surface area contributed by atoms with Crippen molar-refractivity contribution in [2.45, 2.75) is 13.3 Å². The second-order valence-electron chi connectivity index (χ2n) is 4.76. The predicted molar refractivity (Wildman–Crippen MR) is 64.6 cm³/mol. The van der Waals surface area contributed by atoms with E-state index in [1.165, 1.54) is 0 Å². The van der Waals surface area contributed by atoms with Gasteiger partial charge in [-0.3, -0.25) is 4.79 Å². The van der Waals surface area contributed by atoms with E-state index in [2.05, 4.69) is 18.0 Å². The fourth-order valence-corrected chi connectivity index (χ4v) is 2.28. The van der Waals surface area contributed by atoms with E-state index in [9.17, 15) is 4.79 Å². The molecule has 3 nitrogen and oxygen atoms in total. The number of benzene rings is 1. The SMILES string of the molecule is CC1CC1C(=O)c1c[nH]c2ccc(C#N)cc12. The smallest absolute Gasteiger partial charge is 0.168 e. The van der Waals surface area contributed by atoms with Crippen LogP contribution < -0.4 is 0 Å². The fraction of sp³-hybridized carbons (Fsp3) is 0.286. The Hall–Kier alpha value is -2.08. The molecule has 84 valence electrons. The molecule has 1 saturated carbocycles. The lowest BCUT2D eigenvalue weighted by molar-refractivity contribution is 0.0964. The minimum Gasteiger partial charge on any atom is -0.360 e. The monoisotopic (exact) mass is 224 g/mol. The van der Waals surface area contributed by atoms with Crippen molar-refractivity contribution in [1.29, 1.82) is 5.26 Å². The number of ketones is 1. The van der Waals surface area contributed by atoms with Gasteiger partial charge in [0.05, 0.1) is 11.6 Å². The number of carbonyl (C=O) groups excluding carboxylic acids is 1. The van der Waals surface area contributed by atoms with Crippen LogP contribution in [0.25, 0.3) is 10.9 Å². The van der Waals surface area contributed by atoms with E-state index in [1.807, 2.05) is 6.07 Å². The molecule has 1 heterocycles. The van der Waals surface area contributed by atoms with E-state index in [1.54, 1.807) is 18.3 Å². The van der Waals surface area contributed by atoms with Gasteiger partial charge >= 0.3 is 0 Å². The van der Waals surface area contributed by atoms with Gasteiger partial charge in [0.2, 0.25) is 0 Å². The number of fused-ring (bicyclic) bond motifs is 1. The molecule has 2 atom stereocenters. The number of hydrogen-bond acceptors (Lipinski definition) is 2. The van der Waals surface area contributed by atoms with Crippen molar-refractivity contribution in [3.05, 3.63) is 35.5 Å². The molecule has 1 aliphatic rings. The highest BCUT2D eigenvalue weighted by Crippen LogP contribution is 2.41. The summed E-state index contributed by atoms with van der Waals surface area (Å²) in [5, 5.41) is 9.75. The Labute approximate surface area is 99.1 Å². The summed E-state index contributed by atoms with van der Waals surface area (Å²) in [6.07, 6.45) is 2.75. The topological polar surface area (TPSA) is 56.6 Å². The first-order chi connectivity index (χ1) is 8.20. The van der Waals surface area contributed by atoms with Crippen LogP contribution in [-0.2, 0) is 0 Å². The highest BCUT2D eigenvalue weighted by molar-refractivity contribution is 6.10. The van der Waals surface area contributed by atoms with E-state index >= 15 is 0 Å².